The van der Waals surface area contributed by atoms with Crippen LogP contribution in [0.25, 0.3) is 11.4 Å². The average Bonchev–Trinajstić information content (AvgIpc) is 3.48. The minimum Gasteiger partial charge on any atom is -0.496 e. The number of amides is 1. The van der Waals surface area contributed by atoms with Gasteiger partial charge in [-0.1, -0.05) is 32.9 Å². The molecule has 0 saturated heterocycles. The third kappa shape index (κ3) is 5.25. The molecular formula is C25H31FN6O2. The number of hydrogen-bond donors (Lipinski definition) is 3. The summed E-state index contributed by atoms with van der Waals surface area (Å²) in [5, 5.41) is 21.0. The highest BCUT2D eigenvalue weighted by Gasteiger charge is 2.39. The van der Waals surface area contributed by atoms with Crippen LogP contribution in [0, 0.1) is 11.2 Å². The van der Waals surface area contributed by atoms with Crippen LogP contribution in [0.1, 0.15) is 50.7 Å². The molecule has 8 nitrogen and oxygen atoms in total. The van der Waals surface area contributed by atoms with E-state index in [4.69, 9.17) is 4.74 Å². The van der Waals surface area contributed by atoms with Gasteiger partial charge in [-0.05, 0) is 59.2 Å². The average molecular weight is 467 g/mol. The van der Waals surface area contributed by atoms with Gasteiger partial charge in [0.1, 0.15) is 11.6 Å². The first-order chi connectivity index (χ1) is 16.3. The molecule has 4 rings (SSSR count). The highest BCUT2D eigenvalue weighted by molar-refractivity contribution is 5.81. The first kappa shape index (κ1) is 23.8. The number of nitrogens with zero attached hydrogens (tertiary/aromatic N) is 3. The Balaban J connectivity index is 1.56. The number of hydrogen-bond acceptors (Lipinski definition) is 6. The van der Waals surface area contributed by atoms with Crippen molar-refractivity contribution in [2.24, 2.45) is 5.41 Å². The summed E-state index contributed by atoms with van der Waals surface area (Å²) in [5.74, 6) is 1.10. The van der Waals surface area contributed by atoms with Gasteiger partial charge in [0, 0.05) is 41.1 Å². The maximum Gasteiger partial charge on any atom is 0.225 e. The number of carbonyl (C=O) groups excluding carboxylic acids is 1. The second-order valence-electron chi connectivity index (χ2n) is 9.75. The van der Waals surface area contributed by atoms with Crippen LogP contribution < -0.4 is 15.4 Å². The molecular weight excluding hydrogens is 435 g/mol. The lowest BCUT2D eigenvalue weighted by molar-refractivity contribution is -0.129. The van der Waals surface area contributed by atoms with Gasteiger partial charge in [-0.3, -0.25) is 4.79 Å². The van der Waals surface area contributed by atoms with Crippen LogP contribution in [0.2, 0.25) is 0 Å². The number of aromatic amines is 1. The van der Waals surface area contributed by atoms with Crippen LogP contribution in [-0.4, -0.2) is 45.7 Å². The van der Waals surface area contributed by atoms with Crippen molar-refractivity contribution >= 4 is 5.91 Å². The SMILES string of the molecule is COc1ccc(-c2nnn[nH]2)cc1CNC1CCC(NC(=O)C(C)(C)C)C1c1ccc(F)cc1. The van der Waals surface area contributed by atoms with E-state index in [0.29, 0.717) is 12.4 Å². The molecule has 1 aliphatic rings. The van der Waals surface area contributed by atoms with Gasteiger partial charge < -0.3 is 15.4 Å². The number of nitrogens with one attached hydrogen (secondary N) is 3. The molecule has 3 N–H and O–H groups in total. The second-order valence-corrected chi connectivity index (χ2v) is 9.75. The minimum atomic E-state index is -0.484. The first-order valence-corrected chi connectivity index (χ1v) is 11.5. The summed E-state index contributed by atoms with van der Waals surface area (Å²) in [7, 11) is 1.64. The molecule has 34 heavy (non-hydrogen) atoms. The van der Waals surface area contributed by atoms with Gasteiger partial charge in [0.25, 0.3) is 0 Å². The lowest BCUT2D eigenvalue weighted by Gasteiger charge is -2.29. The summed E-state index contributed by atoms with van der Waals surface area (Å²) in [6, 6.07) is 12.4. The van der Waals surface area contributed by atoms with E-state index >= 15 is 0 Å². The Kier molecular flexibility index (Phi) is 6.92. The zero-order valence-corrected chi connectivity index (χ0v) is 19.9. The Morgan fingerprint density at radius 2 is 1.88 bits per heavy atom. The minimum absolute atomic E-state index is 0.0135. The number of aromatic nitrogens is 4. The lowest BCUT2D eigenvalue weighted by Crippen LogP contribution is -2.45. The molecule has 3 aromatic rings. The van der Waals surface area contributed by atoms with Crippen molar-refractivity contribution < 1.29 is 13.9 Å². The molecule has 180 valence electrons. The third-order valence-electron chi connectivity index (χ3n) is 6.36. The summed E-state index contributed by atoms with van der Waals surface area (Å²) >= 11 is 0. The molecule has 3 unspecified atom stereocenters. The number of carbonyl (C=O) groups is 1. The van der Waals surface area contributed by atoms with E-state index in [9.17, 15) is 9.18 Å². The standard InChI is InChI=1S/C25H31FN6O2/c1-25(2,3)24(33)28-20-11-10-19(22(20)15-5-8-18(26)9-6-15)27-14-17-13-16(7-12-21(17)34-4)23-29-31-32-30-23/h5-9,12-13,19-20,22,27H,10-11,14H2,1-4H3,(H,28,33)(H,29,30,31,32). The van der Waals surface area contributed by atoms with Crippen LogP contribution in [-0.2, 0) is 11.3 Å². The molecule has 1 aliphatic carbocycles. The largest absolute Gasteiger partial charge is 0.496 e. The van der Waals surface area contributed by atoms with E-state index in [-0.39, 0.29) is 29.7 Å². The Morgan fingerprint density at radius 3 is 2.53 bits per heavy atom. The normalized spacial score (nSPS) is 20.3. The van der Waals surface area contributed by atoms with Crippen LogP contribution >= 0.6 is 0 Å². The predicted molar refractivity (Wildman–Crippen MR) is 127 cm³/mol. The fraction of sp³-hybridized carbons (Fsp3) is 0.440. The molecule has 0 spiro atoms. The van der Waals surface area contributed by atoms with E-state index in [1.54, 1.807) is 7.11 Å². The van der Waals surface area contributed by atoms with E-state index in [1.165, 1.54) is 12.1 Å². The topological polar surface area (TPSA) is 105 Å². The molecule has 1 heterocycles. The highest BCUT2D eigenvalue weighted by atomic mass is 19.1. The molecule has 0 bridgehead atoms. The van der Waals surface area contributed by atoms with E-state index in [0.717, 1.165) is 35.3 Å². The summed E-state index contributed by atoms with van der Waals surface area (Å²) in [5.41, 5.74) is 2.35. The van der Waals surface area contributed by atoms with Gasteiger partial charge in [-0.15, -0.1) is 5.10 Å². The van der Waals surface area contributed by atoms with Crippen molar-refractivity contribution in [3.8, 4) is 17.1 Å². The Labute approximate surface area is 198 Å². The van der Waals surface area contributed by atoms with Gasteiger partial charge >= 0.3 is 0 Å². The van der Waals surface area contributed by atoms with E-state index in [1.807, 2.05) is 51.1 Å². The number of tetrazole rings is 1. The molecule has 0 radical (unpaired) electrons. The number of rotatable bonds is 7. The van der Waals surface area contributed by atoms with Crippen molar-refractivity contribution in [2.45, 2.75) is 58.2 Å². The summed E-state index contributed by atoms with van der Waals surface area (Å²) in [6.45, 7) is 6.27. The van der Waals surface area contributed by atoms with E-state index in [2.05, 4.69) is 31.3 Å². The summed E-state index contributed by atoms with van der Waals surface area (Å²) in [4.78, 5) is 12.7. The number of ether oxygens (including phenoxy) is 1. The maximum absolute atomic E-state index is 13.6. The Hall–Kier alpha value is -3.33. The molecule has 1 saturated carbocycles. The zero-order valence-electron chi connectivity index (χ0n) is 19.9. The number of H-pyrrole nitrogens is 1. The highest BCUT2D eigenvalue weighted by Crippen LogP contribution is 2.36. The van der Waals surface area contributed by atoms with Gasteiger partial charge in [0.15, 0.2) is 5.82 Å². The molecule has 0 aliphatic heterocycles. The van der Waals surface area contributed by atoms with Gasteiger partial charge in [-0.2, -0.15) is 0 Å². The lowest BCUT2D eigenvalue weighted by atomic mass is 9.89. The van der Waals surface area contributed by atoms with Crippen molar-refractivity contribution in [3.63, 3.8) is 0 Å². The second kappa shape index (κ2) is 9.89. The first-order valence-electron chi connectivity index (χ1n) is 11.5. The van der Waals surface area contributed by atoms with Crippen LogP contribution in [0.4, 0.5) is 4.39 Å². The van der Waals surface area contributed by atoms with Crippen molar-refractivity contribution in [3.05, 3.63) is 59.4 Å². The number of benzene rings is 2. The van der Waals surface area contributed by atoms with Gasteiger partial charge in [-0.25, -0.2) is 9.49 Å². The summed E-state index contributed by atoms with van der Waals surface area (Å²) < 4.78 is 19.2. The Bertz CT molecular complexity index is 1110. The van der Waals surface area contributed by atoms with Gasteiger partial charge in [0.2, 0.25) is 5.91 Å². The quantitative estimate of drug-likeness (QED) is 0.492. The zero-order chi connectivity index (χ0) is 24.3. The molecule has 9 heteroatoms. The molecule has 1 aromatic heterocycles. The summed E-state index contributed by atoms with van der Waals surface area (Å²) in [6.07, 6.45) is 1.72. The number of methoxy groups -OCH3 is 1. The van der Waals surface area contributed by atoms with Crippen LogP contribution in [0.5, 0.6) is 5.75 Å². The molecule has 1 fully saturated rings. The Morgan fingerprint density at radius 1 is 1.15 bits per heavy atom. The van der Waals surface area contributed by atoms with E-state index < -0.39 is 5.41 Å². The fourth-order valence-corrected chi connectivity index (χ4v) is 4.51. The number of halogens is 1. The maximum atomic E-state index is 13.6. The van der Waals surface area contributed by atoms with Crippen molar-refractivity contribution in [1.29, 1.82) is 0 Å². The van der Waals surface area contributed by atoms with Crippen LogP contribution in [0.15, 0.2) is 42.5 Å². The fourth-order valence-electron chi connectivity index (χ4n) is 4.51. The molecule has 2 aromatic carbocycles. The van der Waals surface area contributed by atoms with Gasteiger partial charge in [0.05, 0.1) is 7.11 Å². The van der Waals surface area contributed by atoms with Crippen molar-refractivity contribution in [2.75, 3.05) is 7.11 Å². The molecule has 1 amide bonds. The van der Waals surface area contributed by atoms with Crippen molar-refractivity contribution in [1.82, 2.24) is 31.3 Å². The smallest absolute Gasteiger partial charge is 0.225 e. The van der Waals surface area contributed by atoms with Crippen LogP contribution in [0.3, 0.4) is 0 Å². The molecule has 3 atom stereocenters. The predicted octanol–water partition coefficient (Wildman–Crippen LogP) is 3.58. The third-order valence-corrected chi connectivity index (χ3v) is 6.36. The monoisotopic (exact) mass is 466 g/mol.